The first-order valence-electron chi connectivity index (χ1n) is 5.80. The van der Waals surface area contributed by atoms with Gasteiger partial charge in [-0.2, -0.15) is 4.31 Å². The Balaban J connectivity index is 1.94. The highest BCUT2D eigenvalue weighted by molar-refractivity contribution is 7.89. The molecule has 0 spiro atoms. The number of hydrogen-bond donors (Lipinski definition) is 1. The van der Waals surface area contributed by atoms with E-state index in [0.717, 1.165) is 0 Å². The molecule has 3 rings (SSSR count). The zero-order valence-corrected chi connectivity index (χ0v) is 10.9. The normalized spacial score (nSPS) is 16.2. The highest BCUT2D eigenvalue weighted by Crippen LogP contribution is 2.21. The Morgan fingerprint density at radius 1 is 1.26 bits per heavy atom. The lowest BCUT2D eigenvalue weighted by atomic mass is 10.3. The molecular formula is C11H13N5O2S. The minimum atomic E-state index is -3.53. The maximum atomic E-state index is 12.5. The fourth-order valence-electron chi connectivity index (χ4n) is 2.07. The minimum absolute atomic E-state index is 0.209. The first kappa shape index (κ1) is 12.1. The van der Waals surface area contributed by atoms with Gasteiger partial charge in [0.05, 0.1) is 11.4 Å². The molecule has 2 aromatic rings. The summed E-state index contributed by atoms with van der Waals surface area (Å²) in [6, 6.07) is 6.31. The van der Waals surface area contributed by atoms with Gasteiger partial charge in [-0.05, 0) is 18.2 Å². The molecule has 1 aromatic carbocycles. The van der Waals surface area contributed by atoms with Crippen molar-refractivity contribution in [3.8, 4) is 0 Å². The van der Waals surface area contributed by atoms with Gasteiger partial charge in [0, 0.05) is 18.8 Å². The van der Waals surface area contributed by atoms with E-state index >= 15 is 0 Å². The van der Waals surface area contributed by atoms with Crippen molar-refractivity contribution in [1.82, 2.24) is 19.1 Å². The molecule has 100 valence electrons. The second-order valence-corrected chi connectivity index (χ2v) is 6.29. The molecule has 19 heavy (non-hydrogen) atoms. The lowest BCUT2D eigenvalue weighted by molar-refractivity contribution is 0.335. The second-order valence-electron chi connectivity index (χ2n) is 4.35. The lowest BCUT2D eigenvalue weighted by Gasteiger charge is -2.26. The van der Waals surface area contributed by atoms with E-state index in [1.54, 1.807) is 24.5 Å². The van der Waals surface area contributed by atoms with Crippen LogP contribution in [0, 0.1) is 0 Å². The van der Waals surface area contributed by atoms with Crippen molar-refractivity contribution >= 4 is 15.7 Å². The van der Waals surface area contributed by atoms with Crippen LogP contribution in [0.4, 0.5) is 5.69 Å². The Bertz CT molecular complexity index is 709. The molecule has 7 nitrogen and oxygen atoms in total. The molecule has 0 unspecified atom stereocenters. The Hall–Kier alpha value is -1.93. The fraction of sp³-hybridized carbons (Fsp3) is 0.273. The van der Waals surface area contributed by atoms with Gasteiger partial charge in [0.2, 0.25) is 10.0 Å². The van der Waals surface area contributed by atoms with E-state index in [9.17, 15) is 8.42 Å². The predicted octanol–water partition coefficient (Wildman–Crippen LogP) is 0.0648. The first-order chi connectivity index (χ1) is 9.07. The molecule has 8 heteroatoms. The van der Waals surface area contributed by atoms with E-state index in [1.807, 2.05) is 4.57 Å². The molecule has 0 saturated carbocycles. The Labute approximate surface area is 110 Å². The third-order valence-electron chi connectivity index (χ3n) is 3.10. The summed E-state index contributed by atoms with van der Waals surface area (Å²) in [6.07, 6.45) is 1.61. The zero-order valence-electron chi connectivity index (χ0n) is 10.1. The van der Waals surface area contributed by atoms with Gasteiger partial charge in [-0.1, -0.05) is 6.07 Å². The highest BCUT2D eigenvalue weighted by Gasteiger charge is 2.29. The Kier molecular flexibility index (Phi) is 2.76. The average Bonchev–Trinajstić information content (AvgIpc) is 2.85. The molecule has 2 N–H and O–H groups in total. The first-order valence-corrected chi connectivity index (χ1v) is 7.24. The summed E-state index contributed by atoms with van der Waals surface area (Å²) in [7, 11) is -3.53. The van der Waals surface area contributed by atoms with Crippen molar-refractivity contribution in [3.05, 3.63) is 36.4 Å². The highest BCUT2D eigenvalue weighted by atomic mass is 32.2. The number of hydrogen-bond acceptors (Lipinski definition) is 5. The third kappa shape index (κ3) is 2.08. The van der Waals surface area contributed by atoms with Crippen LogP contribution in [0.2, 0.25) is 0 Å². The van der Waals surface area contributed by atoms with Crippen LogP contribution in [0.1, 0.15) is 5.82 Å². The number of nitrogens with two attached hydrogens (primary N) is 1. The summed E-state index contributed by atoms with van der Waals surface area (Å²) < 4.78 is 28.2. The smallest absolute Gasteiger partial charge is 0.243 e. The van der Waals surface area contributed by atoms with E-state index in [0.29, 0.717) is 24.6 Å². The van der Waals surface area contributed by atoms with Gasteiger partial charge >= 0.3 is 0 Å². The van der Waals surface area contributed by atoms with E-state index in [1.165, 1.54) is 10.4 Å². The number of rotatable bonds is 2. The Morgan fingerprint density at radius 3 is 2.89 bits per heavy atom. The molecule has 2 heterocycles. The summed E-state index contributed by atoms with van der Waals surface area (Å²) >= 11 is 0. The van der Waals surface area contributed by atoms with Crippen molar-refractivity contribution < 1.29 is 8.42 Å². The van der Waals surface area contributed by atoms with Crippen LogP contribution in [0.3, 0.4) is 0 Å². The third-order valence-corrected chi connectivity index (χ3v) is 4.94. The van der Waals surface area contributed by atoms with Gasteiger partial charge < -0.3 is 10.3 Å². The summed E-state index contributed by atoms with van der Waals surface area (Å²) in [5.74, 6) is 0.652. The van der Waals surface area contributed by atoms with E-state index < -0.39 is 10.0 Å². The summed E-state index contributed by atoms with van der Waals surface area (Å²) in [6.45, 7) is 1.20. The monoisotopic (exact) mass is 279 g/mol. The van der Waals surface area contributed by atoms with Gasteiger partial charge in [-0.3, -0.25) is 0 Å². The van der Waals surface area contributed by atoms with Gasteiger partial charge in [-0.25, -0.2) is 8.42 Å². The van der Waals surface area contributed by atoms with E-state index in [-0.39, 0.29) is 11.4 Å². The SMILES string of the molecule is Nc1cccc(S(=O)(=O)N2CCn3cnnc3C2)c1. The second kappa shape index (κ2) is 4.32. The summed E-state index contributed by atoms with van der Waals surface area (Å²) in [5, 5.41) is 7.69. The van der Waals surface area contributed by atoms with E-state index in [2.05, 4.69) is 10.2 Å². The average molecular weight is 279 g/mol. The van der Waals surface area contributed by atoms with Crippen molar-refractivity contribution in [2.24, 2.45) is 0 Å². The molecule has 0 fully saturated rings. The quantitative estimate of drug-likeness (QED) is 0.785. The number of anilines is 1. The number of aromatic nitrogens is 3. The van der Waals surface area contributed by atoms with Crippen LogP contribution >= 0.6 is 0 Å². The van der Waals surface area contributed by atoms with Crippen molar-refractivity contribution in [2.75, 3.05) is 12.3 Å². The predicted molar refractivity (Wildman–Crippen MR) is 68.5 cm³/mol. The number of benzene rings is 1. The molecule has 1 aliphatic rings. The fourth-order valence-corrected chi connectivity index (χ4v) is 3.51. The largest absolute Gasteiger partial charge is 0.399 e. The molecule has 1 aromatic heterocycles. The molecule has 0 saturated heterocycles. The van der Waals surface area contributed by atoms with Gasteiger partial charge in [0.25, 0.3) is 0 Å². The standard InChI is InChI=1S/C11H13N5O2S/c12-9-2-1-3-10(6-9)19(17,18)16-5-4-15-8-13-14-11(15)7-16/h1-3,6,8H,4-5,7,12H2. The zero-order chi connectivity index (χ0) is 13.5. The van der Waals surface area contributed by atoms with Crippen molar-refractivity contribution in [2.45, 2.75) is 18.0 Å². The number of sulfonamides is 1. The molecule has 1 aliphatic heterocycles. The molecular weight excluding hydrogens is 266 g/mol. The lowest BCUT2D eigenvalue weighted by Crippen LogP contribution is -2.38. The Morgan fingerprint density at radius 2 is 2.11 bits per heavy atom. The van der Waals surface area contributed by atoms with Crippen LogP contribution < -0.4 is 5.73 Å². The maximum absolute atomic E-state index is 12.5. The van der Waals surface area contributed by atoms with Gasteiger partial charge in [0.15, 0.2) is 0 Å². The minimum Gasteiger partial charge on any atom is -0.399 e. The summed E-state index contributed by atoms with van der Waals surface area (Å²) in [4.78, 5) is 0.209. The van der Waals surface area contributed by atoms with Gasteiger partial charge in [0.1, 0.15) is 12.2 Å². The molecule has 0 aliphatic carbocycles. The summed E-state index contributed by atoms with van der Waals surface area (Å²) in [5.41, 5.74) is 6.07. The van der Waals surface area contributed by atoms with Crippen LogP contribution in [0.25, 0.3) is 0 Å². The molecule has 0 amide bonds. The number of nitrogen functional groups attached to an aromatic ring is 1. The van der Waals surface area contributed by atoms with Crippen LogP contribution in [0.15, 0.2) is 35.5 Å². The molecule has 0 bridgehead atoms. The van der Waals surface area contributed by atoms with Crippen LogP contribution in [-0.4, -0.2) is 34.0 Å². The van der Waals surface area contributed by atoms with Crippen molar-refractivity contribution in [3.63, 3.8) is 0 Å². The van der Waals surface area contributed by atoms with Crippen molar-refractivity contribution in [1.29, 1.82) is 0 Å². The van der Waals surface area contributed by atoms with Crippen LogP contribution in [-0.2, 0) is 23.1 Å². The number of nitrogens with zero attached hydrogens (tertiary/aromatic N) is 4. The maximum Gasteiger partial charge on any atom is 0.243 e. The molecule has 0 radical (unpaired) electrons. The van der Waals surface area contributed by atoms with E-state index in [4.69, 9.17) is 5.73 Å². The number of fused-ring (bicyclic) bond motifs is 1. The molecule has 0 atom stereocenters. The van der Waals surface area contributed by atoms with Crippen LogP contribution in [0.5, 0.6) is 0 Å². The van der Waals surface area contributed by atoms with Gasteiger partial charge in [-0.15, -0.1) is 10.2 Å². The topological polar surface area (TPSA) is 94.1 Å².